The van der Waals surface area contributed by atoms with Crippen LogP contribution < -0.4 is 0 Å². The van der Waals surface area contributed by atoms with Gasteiger partial charge in [0.05, 0.1) is 6.20 Å². The van der Waals surface area contributed by atoms with E-state index in [1.54, 1.807) is 6.20 Å². The summed E-state index contributed by atoms with van der Waals surface area (Å²) in [6.07, 6.45) is 5.65. The van der Waals surface area contributed by atoms with Gasteiger partial charge in [-0.25, -0.2) is 9.97 Å². The monoisotopic (exact) mass is 254 g/mol. The van der Waals surface area contributed by atoms with Gasteiger partial charge in [-0.15, -0.1) is 0 Å². The molecule has 74 valence electrons. The van der Waals surface area contributed by atoms with E-state index in [1.807, 2.05) is 30.9 Å². The summed E-state index contributed by atoms with van der Waals surface area (Å²) in [6, 6.07) is 0. The lowest BCUT2D eigenvalue weighted by Crippen LogP contribution is -2.11. The van der Waals surface area contributed by atoms with Crippen molar-refractivity contribution in [2.45, 2.75) is 6.54 Å². The van der Waals surface area contributed by atoms with E-state index in [2.05, 4.69) is 30.8 Å². The van der Waals surface area contributed by atoms with Crippen LogP contribution in [0.2, 0.25) is 0 Å². The third-order valence-corrected chi connectivity index (χ3v) is 2.46. The molecule has 0 aliphatic rings. The van der Waals surface area contributed by atoms with Crippen LogP contribution in [-0.4, -0.2) is 33.4 Å². The van der Waals surface area contributed by atoms with Crippen molar-refractivity contribution in [2.24, 2.45) is 0 Å². The molecule has 0 radical (unpaired) electrons. The summed E-state index contributed by atoms with van der Waals surface area (Å²) >= 11 is 3.41. The minimum atomic E-state index is 0.722. The van der Waals surface area contributed by atoms with Gasteiger partial charge in [-0.05, 0) is 30.0 Å². The third kappa shape index (κ3) is 1.78. The molecule has 0 fully saturated rings. The Hall–Kier alpha value is -0.940. The Balaban J connectivity index is 2.44. The van der Waals surface area contributed by atoms with E-state index >= 15 is 0 Å². The van der Waals surface area contributed by atoms with Crippen molar-refractivity contribution in [3.05, 3.63) is 28.8 Å². The van der Waals surface area contributed by atoms with Crippen LogP contribution in [-0.2, 0) is 6.54 Å². The van der Waals surface area contributed by atoms with Gasteiger partial charge < -0.3 is 4.90 Å². The van der Waals surface area contributed by atoms with Gasteiger partial charge in [-0.3, -0.25) is 4.40 Å². The van der Waals surface area contributed by atoms with E-state index in [0.717, 1.165) is 16.9 Å². The van der Waals surface area contributed by atoms with Crippen molar-refractivity contribution in [1.29, 1.82) is 0 Å². The molecule has 2 aromatic rings. The Bertz CT molecular complexity index is 449. The number of halogens is 1. The minimum absolute atomic E-state index is 0.722. The van der Waals surface area contributed by atoms with Crippen molar-refractivity contribution in [2.75, 3.05) is 14.1 Å². The zero-order valence-corrected chi connectivity index (χ0v) is 9.69. The Morgan fingerprint density at radius 2 is 2.07 bits per heavy atom. The van der Waals surface area contributed by atoms with Gasteiger partial charge in [0, 0.05) is 24.5 Å². The van der Waals surface area contributed by atoms with Gasteiger partial charge in [-0.1, -0.05) is 0 Å². The molecule has 5 heteroatoms. The topological polar surface area (TPSA) is 33.4 Å². The molecule has 0 aromatic carbocycles. The number of fused-ring (bicyclic) bond motifs is 1. The molecule has 0 saturated heterocycles. The number of imidazole rings is 1. The van der Waals surface area contributed by atoms with E-state index in [1.165, 1.54) is 5.56 Å². The Kier molecular flexibility index (Phi) is 2.52. The molecule has 2 rings (SSSR count). The first-order chi connectivity index (χ1) is 6.66. The lowest BCUT2D eigenvalue weighted by atomic mass is 10.3. The van der Waals surface area contributed by atoms with E-state index < -0.39 is 0 Å². The SMILES string of the molecule is CN(C)Cc1cnc2ncc(Br)n2c1. The molecule has 0 amide bonds. The standard InChI is InChI=1S/C9H11BrN4/c1-13(2)5-7-3-11-9-12-4-8(10)14(9)6-7/h3-4,6H,5H2,1-2H3. The summed E-state index contributed by atoms with van der Waals surface area (Å²) in [5, 5.41) is 0. The fraction of sp³-hybridized carbons (Fsp3) is 0.333. The van der Waals surface area contributed by atoms with Crippen LogP contribution in [0.4, 0.5) is 0 Å². The Morgan fingerprint density at radius 1 is 1.36 bits per heavy atom. The number of aromatic nitrogens is 3. The van der Waals surface area contributed by atoms with Crippen LogP contribution in [0, 0.1) is 0 Å². The largest absolute Gasteiger partial charge is 0.305 e. The summed E-state index contributed by atoms with van der Waals surface area (Å²) in [5.41, 5.74) is 1.17. The smallest absolute Gasteiger partial charge is 0.234 e. The highest BCUT2D eigenvalue weighted by molar-refractivity contribution is 9.10. The normalized spacial score (nSPS) is 11.4. The highest BCUT2D eigenvalue weighted by Gasteiger charge is 2.02. The van der Waals surface area contributed by atoms with Crippen LogP contribution in [0.25, 0.3) is 5.78 Å². The molecule has 0 aliphatic carbocycles. The van der Waals surface area contributed by atoms with Gasteiger partial charge in [-0.2, -0.15) is 0 Å². The minimum Gasteiger partial charge on any atom is -0.305 e. The highest BCUT2D eigenvalue weighted by atomic mass is 79.9. The molecule has 0 N–H and O–H groups in total. The maximum Gasteiger partial charge on any atom is 0.234 e. The maximum absolute atomic E-state index is 4.25. The molecule has 0 bridgehead atoms. The summed E-state index contributed by atoms with van der Waals surface area (Å²) < 4.78 is 2.86. The van der Waals surface area contributed by atoms with E-state index in [4.69, 9.17) is 0 Å². The molecule has 0 saturated carbocycles. The van der Waals surface area contributed by atoms with E-state index in [0.29, 0.717) is 0 Å². The molecular weight excluding hydrogens is 244 g/mol. The van der Waals surface area contributed by atoms with Gasteiger partial charge in [0.25, 0.3) is 0 Å². The molecule has 2 aromatic heterocycles. The molecule has 4 nitrogen and oxygen atoms in total. The highest BCUT2D eigenvalue weighted by Crippen LogP contribution is 2.12. The molecular formula is C9H11BrN4. The number of hydrogen-bond acceptors (Lipinski definition) is 3. The van der Waals surface area contributed by atoms with Gasteiger partial charge in [0.15, 0.2) is 0 Å². The molecule has 0 spiro atoms. The van der Waals surface area contributed by atoms with Crippen LogP contribution >= 0.6 is 15.9 Å². The molecule has 2 heterocycles. The zero-order valence-electron chi connectivity index (χ0n) is 8.11. The number of nitrogens with zero attached hydrogens (tertiary/aromatic N) is 4. The molecule has 14 heavy (non-hydrogen) atoms. The van der Waals surface area contributed by atoms with Crippen LogP contribution in [0.15, 0.2) is 23.2 Å². The maximum atomic E-state index is 4.25. The summed E-state index contributed by atoms with van der Waals surface area (Å²) in [4.78, 5) is 10.5. The number of hydrogen-bond donors (Lipinski definition) is 0. The lowest BCUT2D eigenvalue weighted by Gasteiger charge is -2.09. The average Bonchev–Trinajstić information content (AvgIpc) is 2.47. The predicted octanol–water partition coefficient (Wildman–Crippen LogP) is 1.55. The van der Waals surface area contributed by atoms with E-state index in [-0.39, 0.29) is 0 Å². The fourth-order valence-electron chi connectivity index (χ4n) is 1.33. The van der Waals surface area contributed by atoms with Crippen LogP contribution in [0.5, 0.6) is 0 Å². The molecule has 0 atom stereocenters. The Morgan fingerprint density at radius 3 is 2.79 bits per heavy atom. The quantitative estimate of drug-likeness (QED) is 0.816. The molecule has 0 unspecified atom stereocenters. The van der Waals surface area contributed by atoms with Crippen molar-refractivity contribution in [1.82, 2.24) is 19.3 Å². The first kappa shape index (κ1) is 9.61. The van der Waals surface area contributed by atoms with Crippen molar-refractivity contribution < 1.29 is 0 Å². The Labute approximate surface area is 90.7 Å². The second-order valence-corrected chi connectivity index (χ2v) is 4.26. The first-order valence-corrected chi connectivity index (χ1v) is 5.08. The van der Waals surface area contributed by atoms with Crippen LogP contribution in [0.3, 0.4) is 0 Å². The van der Waals surface area contributed by atoms with Crippen molar-refractivity contribution in [3.63, 3.8) is 0 Å². The van der Waals surface area contributed by atoms with Crippen molar-refractivity contribution >= 4 is 21.7 Å². The van der Waals surface area contributed by atoms with Gasteiger partial charge in [0.2, 0.25) is 5.78 Å². The zero-order chi connectivity index (χ0) is 10.1. The third-order valence-electron chi connectivity index (χ3n) is 1.87. The van der Waals surface area contributed by atoms with Crippen molar-refractivity contribution in [3.8, 4) is 0 Å². The predicted molar refractivity (Wildman–Crippen MR) is 58.1 cm³/mol. The second-order valence-electron chi connectivity index (χ2n) is 3.45. The first-order valence-electron chi connectivity index (χ1n) is 4.29. The average molecular weight is 255 g/mol. The lowest BCUT2D eigenvalue weighted by molar-refractivity contribution is 0.401. The van der Waals surface area contributed by atoms with Gasteiger partial charge >= 0.3 is 0 Å². The number of rotatable bonds is 2. The van der Waals surface area contributed by atoms with Gasteiger partial charge in [0.1, 0.15) is 4.60 Å². The summed E-state index contributed by atoms with van der Waals surface area (Å²) in [6.45, 7) is 0.882. The van der Waals surface area contributed by atoms with E-state index in [9.17, 15) is 0 Å². The second kappa shape index (κ2) is 3.67. The molecule has 0 aliphatic heterocycles. The summed E-state index contributed by atoms with van der Waals surface area (Å²) in [7, 11) is 4.07. The van der Waals surface area contributed by atoms with Crippen LogP contribution in [0.1, 0.15) is 5.56 Å². The summed E-state index contributed by atoms with van der Waals surface area (Å²) in [5.74, 6) is 0.722. The fourth-order valence-corrected chi connectivity index (χ4v) is 1.70.